The lowest BCUT2D eigenvalue weighted by Gasteiger charge is -2.15. The second kappa shape index (κ2) is 6.39. The summed E-state index contributed by atoms with van der Waals surface area (Å²) in [5.41, 5.74) is 0. The quantitative estimate of drug-likeness (QED) is 0.842. The van der Waals surface area contributed by atoms with Crippen molar-refractivity contribution in [2.45, 2.75) is 26.8 Å². The van der Waals surface area contributed by atoms with E-state index >= 15 is 0 Å². The number of aromatic nitrogens is 2. The molecule has 17 heavy (non-hydrogen) atoms. The number of nitrogens with one attached hydrogen (secondary N) is 2. The first-order valence-electron chi connectivity index (χ1n) is 5.52. The van der Waals surface area contributed by atoms with Gasteiger partial charge in [0, 0.05) is 6.54 Å². The van der Waals surface area contributed by atoms with Crippen LogP contribution in [0.2, 0.25) is 5.15 Å². The van der Waals surface area contributed by atoms with E-state index < -0.39 is 0 Å². The Bertz CT molecular complexity index is 366. The van der Waals surface area contributed by atoms with Crippen molar-refractivity contribution in [3.05, 3.63) is 17.3 Å². The summed E-state index contributed by atoms with van der Waals surface area (Å²) >= 11 is 5.61. The summed E-state index contributed by atoms with van der Waals surface area (Å²) in [7, 11) is 0. The van der Waals surface area contributed by atoms with Crippen molar-refractivity contribution in [1.29, 1.82) is 0 Å². The molecule has 1 atom stereocenters. The van der Waals surface area contributed by atoms with Crippen LogP contribution >= 0.6 is 11.6 Å². The van der Waals surface area contributed by atoms with Gasteiger partial charge in [-0.2, -0.15) is 0 Å². The van der Waals surface area contributed by atoms with E-state index in [9.17, 15) is 4.79 Å². The molecule has 0 bridgehead atoms. The van der Waals surface area contributed by atoms with E-state index in [4.69, 9.17) is 11.6 Å². The summed E-state index contributed by atoms with van der Waals surface area (Å²) in [4.78, 5) is 11.7. The van der Waals surface area contributed by atoms with Crippen LogP contribution in [-0.2, 0) is 4.79 Å². The van der Waals surface area contributed by atoms with Crippen molar-refractivity contribution < 1.29 is 4.79 Å². The van der Waals surface area contributed by atoms with Crippen LogP contribution in [0.5, 0.6) is 0 Å². The van der Waals surface area contributed by atoms with Gasteiger partial charge < -0.3 is 10.6 Å². The van der Waals surface area contributed by atoms with Crippen molar-refractivity contribution in [1.82, 2.24) is 15.5 Å². The Hall–Kier alpha value is -1.36. The molecule has 0 radical (unpaired) electrons. The van der Waals surface area contributed by atoms with E-state index in [1.807, 2.05) is 13.8 Å². The maximum Gasteiger partial charge on any atom is 0.242 e. The van der Waals surface area contributed by atoms with Gasteiger partial charge in [-0.05, 0) is 25.0 Å². The number of hydrogen-bond donors (Lipinski definition) is 2. The fraction of sp³-hybridized carbons (Fsp3) is 0.545. The molecule has 1 aromatic heterocycles. The Labute approximate surface area is 106 Å². The highest BCUT2D eigenvalue weighted by Gasteiger charge is 2.13. The van der Waals surface area contributed by atoms with Gasteiger partial charge in [0.2, 0.25) is 5.91 Å². The topological polar surface area (TPSA) is 66.9 Å². The highest BCUT2D eigenvalue weighted by atomic mass is 35.5. The highest BCUT2D eigenvalue weighted by molar-refractivity contribution is 6.29. The van der Waals surface area contributed by atoms with Gasteiger partial charge >= 0.3 is 0 Å². The molecular formula is C11H17ClN4O. The molecule has 0 saturated carbocycles. The number of amides is 1. The fourth-order valence-corrected chi connectivity index (χ4v) is 1.24. The third-order valence-electron chi connectivity index (χ3n) is 2.07. The summed E-state index contributed by atoms with van der Waals surface area (Å²) in [5, 5.41) is 13.6. The number of carbonyl (C=O) groups is 1. The maximum absolute atomic E-state index is 11.7. The average molecular weight is 257 g/mol. The molecule has 0 aromatic carbocycles. The molecule has 1 amide bonds. The lowest BCUT2D eigenvalue weighted by atomic mass is 10.2. The Balaban J connectivity index is 2.45. The van der Waals surface area contributed by atoms with Gasteiger partial charge in [-0.15, -0.1) is 10.2 Å². The number of nitrogens with zero attached hydrogens (tertiary/aromatic N) is 2. The molecule has 0 fully saturated rings. The summed E-state index contributed by atoms with van der Waals surface area (Å²) in [6.07, 6.45) is 0. The molecule has 94 valence electrons. The first-order chi connectivity index (χ1) is 7.99. The molecule has 1 unspecified atom stereocenters. The first-order valence-corrected chi connectivity index (χ1v) is 5.90. The molecule has 0 spiro atoms. The minimum atomic E-state index is -0.357. The molecule has 1 heterocycles. The van der Waals surface area contributed by atoms with Crippen LogP contribution in [0.3, 0.4) is 0 Å². The molecule has 1 aromatic rings. The number of carbonyl (C=O) groups excluding carboxylic acids is 1. The second-order valence-electron chi connectivity index (χ2n) is 4.25. The third-order valence-corrected chi connectivity index (χ3v) is 2.28. The van der Waals surface area contributed by atoms with Gasteiger partial charge in [0.1, 0.15) is 11.9 Å². The van der Waals surface area contributed by atoms with Crippen molar-refractivity contribution in [2.24, 2.45) is 5.92 Å². The van der Waals surface area contributed by atoms with Crippen LogP contribution < -0.4 is 10.6 Å². The smallest absolute Gasteiger partial charge is 0.242 e. The van der Waals surface area contributed by atoms with Crippen molar-refractivity contribution in [3.8, 4) is 0 Å². The number of rotatable bonds is 5. The molecule has 0 saturated heterocycles. The molecule has 2 N–H and O–H groups in total. The highest BCUT2D eigenvalue weighted by Crippen LogP contribution is 2.07. The molecular weight excluding hydrogens is 240 g/mol. The molecule has 6 heteroatoms. The number of anilines is 1. The van der Waals surface area contributed by atoms with Gasteiger partial charge in [0.25, 0.3) is 0 Å². The summed E-state index contributed by atoms with van der Waals surface area (Å²) in [6, 6.07) is 2.95. The number of halogens is 1. The van der Waals surface area contributed by atoms with E-state index in [-0.39, 0.29) is 11.9 Å². The second-order valence-corrected chi connectivity index (χ2v) is 4.63. The van der Waals surface area contributed by atoms with Crippen LogP contribution in [0.4, 0.5) is 5.82 Å². The van der Waals surface area contributed by atoms with Crippen molar-refractivity contribution >= 4 is 23.3 Å². The predicted molar refractivity (Wildman–Crippen MR) is 68.0 cm³/mol. The minimum absolute atomic E-state index is 0.0598. The Morgan fingerprint density at radius 3 is 2.59 bits per heavy atom. The summed E-state index contributed by atoms with van der Waals surface area (Å²) < 4.78 is 0. The third kappa shape index (κ3) is 4.99. The zero-order chi connectivity index (χ0) is 12.8. The van der Waals surface area contributed by atoms with Crippen molar-refractivity contribution in [3.63, 3.8) is 0 Å². The van der Waals surface area contributed by atoms with Crippen LogP contribution in [-0.4, -0.2) is 28.7 Å². The fourth-order valence-electron chi connectivity index (χ4n) is 1.14. The SMILES string of the molecule is CC(C)CNC(=O)C(C)Nc1ccc(Cl)nn1. The van der Waals surface area contributed by atoms with Crippen LogP contribution in [0, 0.1) is 5.92 Å². The Morgan fingerprint density at radius 2 is 2.06 bits per heavy atom. The van der Waals surface area contributed by atoms with Crippen molar-refractivity contribution in [2.75, 3.05) is 11.9 Å². The van der Waals surface area contributed by atoms with E-state index in [0.717, 1.165) is 0 Å². The van der Waals surface area contributed by atoms with Crippen LogP contribution in [0.25, 0.3) is 0 Å². The minimum Gasteiger partial charge on any atom is -0.357 e. The van der Waals surface area contributed by atoms with Crippen LogP contribution in [0.1, 0.15) is 20.8 Å². The largest absolute Gasteiger partial charge is 0.357 e. The predicted octanol–water partition coefficient (Wildman–Crippen LogP) is 1.70. The normalized spacial score (nSPS) is 12.3. The maximum atomic E-state index is 11.7. The summed E-state index contributed by atoms with van der Waals surface area (Å²) in [5.74, 6) is 0.901. The molecule has 5 nitrogen and oxygen atoms in total. The lowest BCUT2D eigenvalue weighted by Crippen LogP contribution is -2.39. The van der Waals surface area contributed by atoms with E-state index in [0.29, 0.717) is 23.4 Å². The molecule has 0 aliphatic rings. The van der Waals surface area contributed by atoms with Crippen LogP contribution in [0.15, 0.2) is 12.1 Å². The van der Waals surface area contributed by atoms with E-state index in [1.54, 1.807) is 19.1 Å². The first kappa shape index (κ1) is 13.7. The molecule has 0 aliphatic heterocycles. The monoisotopic (exact) mass is 256 g/mol. The zero-order valence-electron chi connectivity index (χ0n) is 10.2. The number of hydrogen-bond acceptors (Lipinski definition) is 4. The zero-order valence-corrected chi connectivity index (χ0v) is 11.0. The van der Waals surface area contributed by atoms with Gasteiger partial charge in [0.05, 0.1) is 0 Å². The summed E-state index contributed by atoms with van der Waals surface area (Å²) in [6.45, 7) is 6.52. The lowest BCUT2D eigenvalue weighted by molar-refractivity contribution is -0.121. The standard InChI is InChI=1S/C11H17ClN4O/c1-7(2)6-13-11(17)8(3)14-10-5-4-9(12)15-16-10/h4-5,7-8H,6H2,1-3H3,(H,13,17)(H,14,16). The van der Waals surface area contributed by atoms with Gasteiger partial charge in [0.15, 0.2) is 5.15 Å². The van der Waals surface area contributed by atoms with Gasteiger partial charge in [-0.1, -0.05) is 25.4 Å². The van der Waals surface area contributed by atoms with E-state index in [1.165, 1.54) is 0 Å². The van der Waals surface area contributed by atoms with Gasteiger partial charge in [-0.3, -0.25) is 4.79 Å². The van der Waals surface area contributed by atoms with E-state index in [2.05, 4.69) is 20.8 Å². The molecule has 0 aliphatic carbocycles. The Kier molecular flexibility index (Phi) is 5.15. The average Bonchev–Trinajstić information content (AvgIpc) is 2.28. The molecule has 1 rings (SSSR count). The van der Waals surface area contributed by atoms with Gasteiger partial charge in [-0.25, -0.2) is 0 Å². The Morgan fingerprint density at radius 1 is 1.35 bits per heavy atom.